The highest BCUT2D eigenvalue weighted by atomic mass is 16.5. The van der Waals surface area contributed by atoms with Crippen molar-refractivity contribution in [3.63, 3.8) is 0 Å². The van der Waals surface area contributed by atoms with Gasteiger partial charge in [-0.15, -0.1) is 0 Å². The monoisotopic (exact) mass is 240 g/mol. The molecule has 98 valence electrons. The quantitative estimate of drug-likeness (QED) is 0.792. The first kappa shape index (κ1) is 14.2. The van der Waals surface area contributed by atoms with Crippen molar-refractivity contribution in [3.05, 3.63) is 18.0 Å². The molecule has 0 aliphatic rings. The summed E-state index contributed by atoms with van der Waals surface area (Å²) >= 11 is 0. The Morgan fingerprint density at radius 3 is 2.53 bits per heavy atom. The predicted octanol–water partition coefficient (Wildman–Crippen LogP) is 1.92. The van der Waals surface area contributed by atoms with Crippen LogP contribution < -0.4 is 0 Å². The summed E-state index contributed by atoms with van der Waals surface area (Å²) in [5, 5.41) is 14.4. The molecule has 1 unspecified atom stereocenters. The standard InChI is InChI=1S/C13H24N2O2/c1-5-13(6-2,17-4)12(16)8-7-11-9-10-14-15(11)3/h9-10,12,16H,5-8H2,1-4H3. The van der Waals surface area contributed by atoms with E-state index in [2.05, 4.69) is 18.9 Å². The number of aliphatic hydroxyl groups is 1. The maximum Gasteiger partial charge on any atom is 0.0931 e. The summed E-state index contributed by atoms with van der Waals surface area (Å²) in [7, 11) is 3.60. The Bertz CT molecular complexity index is 324. The second-order valence-electron chi connectivity index (χ2n) is 4.48. The fourth-order valence-electron chi connectivity index (χ4n) is 2.34. The first-order chi connectivity index (χ1) is 8.09. The average molecular weight is 240 g/mol. The van der Waals surface area contributed by atoms with Crippen LogP contribution in [0.3, 0.4) is 0 Å². The molecule has 1 atom stereocenters. The molecular weight excluding hydrogens is 216 g/mol. The highest BCUT2D eigenvalue weighted by Gasteiger charge is 2.34. The molecule has 17 heavy (non-hydrogen) atoms. The van der Waals surface area contributed by atoms with E-state index in [0.717, 1.165) is 25.0 Å². The molecule has 0 bridgehead atoms. The number of ether oxygens (including phenoxy) is 1. The molecule has 0 radical (unpaired) electrons. The molecule has 4 nitrogen and oxygen atoms in total. The highest BCUT2D eigenvalue weighted by Crippen LogP contribution is 2.26. The van der Waals surface area contributed by atoms with E-state index in [-0.39, 0.29) is 0 Å². The van der Waals surface area contributed by atoms with E-state index in [1.807, 2.05) is 17.8 Å². The lowest BCUT2D eigenvalue weighted by Gasteiger charge is -2.35. The summed E-state index contributed by atoms with van der Waals surface area (Å²) in [5.41, 5.74) is 0.736. The van der Waals surface area contributed by atoms with Gasteiger partial charge in [0.1, 0.15) is 0 Å². The molecule has 1 heterocycles. The third kappa shape index (κ3) is 3.07. The number of aliphatic hydroxyl groups excluding tert-OH is 1. The van der Waals surface area contributed by atoms with Gasteiger partial charge in [-0.05, 0) is 31.7 Å². The van der Waals surface area contributed by atoms with E-state index in [1.54, 1.807) is 13.3 Å². The molecule has 1 aromatic rings. The Hall–Kier alpha value is -0.870. The molecule has 1 rings (SSSR count). The van der Waals surface area contributed by atoms with Crippen molar-refractivity contribution in [2.45, 2.75) is 51.2 Å². The largest absolute Gasteiger partial charge is 0.390 e. The smallest absolute Gasteiger partial charge is 0.0931 e. The van der Waals surface area contributed by atoms with Crippen molar-refractivity contribution in [1.82, 2.24) is 9.78 Å². The Morgan fingerprint density at radius 1 is 1.47 bits per heavy atom. The van der Waals surface area contributed by atoms with Gasteiger partial charge in [-0.2, -0.15) is 5.10 Å². The fraction of sp³-hybridized carbons (Fsp3) is 0.769. The topological polar surface area (TPSA) is 47.3 Å². The van der Waals surface area contributed by atoms with Gasteiger partial charge in [-0.1, -0.05) is 13.8 Å². The Morgan fingerprint density at radius 2 is 2.12 bits per heavy atom. The zero-order valence-corrected chi connectivity index (χ0v) is 11.3. The van der Waals surface area contributed by atoms with Crippen LogP contribution >= 0.6 is 0 Å². The first-order valence-corrected chi connectivity index (χ1v) is 6.29. The molecule has 0 aromatic carbocycles. The molecular formula is C13H24N2O2. The molecule has 1 N–H and O–H groups in total. The summed E-state index contributed by atoms with van der Waals surface area (Å²) in [6, 6.07) is 1.99. The minimum absolute atomic E-state index is 0.404. The lowest BCUT2D eigenvalue weighted by molar-refractivity contribution is -0.109. The summed E-state index contributed by atoms with van der Waals surface area (Å²) in [4.78, 5) is 0. The number of hydrogen-bond donors (Lipinski definition) is 1. The van der Waals surface area contributed by atoms with Crippen molar-refractivity contribution in [2.75, 3.05) is 7.11 Å². The van der Waals surface area contributed by atoms with Crippen molar-refractivity contribution < 1.29 is 9.84 Å². The van der Waals surface area contributed by atoms with Crippen LogP contribution in [-0.2, 0) is 18.2 Å². The number of aromatic nitrogens is 2. The Labute approximate surface area is 104 Å². The lowest BCUT2D eigenvalue weighted by atomic mass is 9.87. The van der Waals surface area contributed by atoms with Crippen molar-refractivity contribution in [2.24, 2.45) is 7.05 Å². The molecule has 0 saturated heterocycles. The van der Waals surface area contributed by atoms with Gasteiger partial charge in [0.25, 0.3) is 0 Å². The van der Waals surface area contributed by atoms with Gasteiger partial charge in [0.15, 0.2) is 0 Å². The molecule has 0 aliphatic heterocycles. The maximum atomic E-state index is 10.3. The van der Waals surface area contributed by atoms with E-state index < -0.39 is 11.7 Å². The number of aryl methyl sites for hydroxylation is 2. The lowest BCUT2D eigenvalue weighted by Crippen LogP contribution is -2.43. The van der Waals surface area contributed by atoms with E-state index in [0.29, 0.717) is 6.42 Å². The predicted molar refractivity (Wildman–Crippen MR) is 67.9 cm³/mol. The summed E-state index contributed by atoms with van der Waals surface area (Å²) < 4.78 is 7.37. The molecule has 1 aromatic heterocycles. The van der Waals surface area contributed by atoms with Crippen LogP contribution in [0.1, 0.15) is 38.8 Å². The summed E-state index contributed by atoms with van der Waals surface area (Å²) in [6.07, 6.45) is 4.53. The Balaban J connectivity index is 2.59. The summed E-state index contributed by atoms with van der Waals surface area (Å²) in [5.74, 6) is 0. The van der Waals surface area contributed by atoms with Crippen LogP contribution in [0.15, 0.2) is 12.3 Å². The third-order valence-corrected chi connectivity index (χ3v) is 3.81. The third-order valence-electron chi connectivity index (χ3n) is 3.81. The molecule has 4 heteroatoms. The van der Waals surface area contributed by atoms with Gasteiger partial charge < -0.3 is 9.84 Å². The van der Waals surface area contributed by atoms with E-state index in [1.165, 1.54) is 0 Å². The SMILES string of the molecule is CCC(CC)(OC)C(O)CCc1ccnn1C. The first-order valence-electron chi connectivity index (χ1n) is 6.29. The fourth-order valence-corrected chi connectivity index (χ4v) is 2.34. The van der Waals surface area contributed by atoms with Gasteiger partial charge in [0.05, 0.1) is 11.7 Å². The van der Waals surface area contributed by atoms with Gasteiger partial charge in [-0.25, -0.2) is 0 Å². The van der Waals surface area contributed by atoms with Crippen LogP contribution in [0, 0.1) is 0 Å². The second-order valence-corrected chi connectivity index (χ2v) is 4.48. The molecule has 0 spiro atoms. The van der Waals surface area contributed by atoms with Gasteiger partial charge >= 0.3 is 0 Å². The van der Waals surface area contributed by atoms with Gasteiger partial charge in [-0.3, -0.25) is 4.68 Å². The molecule has 0 aliphatic carbocycles. The number of rotatable bonds is 7. The minimum atomic E-state index is -0.433. The molecule has 0 fully saturated rings. The zero-order chi connectivity index (χ0) is 12.9. The van der Waals surface area contributed by atoms with Gasteiger partial charge in [0, 0.05) is 26.0 Å². The number of methoxy groups -OCH3 is 1. The average Bonchev–Trinajstić information content (AvgIpc) is 2.75. The highest BCUT2D eigenvalue weighted by molar-refractivity contribution is 5.01. The van der Waals surface area contributed by atoms with Crippen LogP contribution in [0.4, 0.5) is 0 Å². The van der Waals surface area contributed by atoms with Crippen molar-refractivity contribution in [3.8, 4) is 0 Å². The van der Waals surface area contributed by atoms with Crippen LogP contribution in [-0.4, -0.2) is 33.7 Å². The van der Waals surface area contributed by atoms with Crippen molar-refractivity contribution in [1.29, 1.82) is 0 Å². The van der Waals surface area contributed by atoms with Crippen LogP contribution in [0.2, 0.25) is 0 Å². The number of hydrogen-bond acceptors (Lipinski definition) is 3. The van der Waals surface area contributed by atoms with E-state index >= 15 is 0 Å². The van der Waals surface area contributed by atoms with Gasteiger partial charge in [0.2, 0.25) is 0 Å². The van der Waals surface area contributed by atoms with Crippen molar-refractivity contribution >= 4 is 0 Å². The summed E-state index contributed by atoms with van der Waals surface area (Å²) in [6.45, 7) is 4.11. The van der Waals surface area contributed by atoms with Crippen LogP contribution in [0.25, 0.3) is 0 Å². The normalized spacial score (nSPS) is 13.9. The number of nitrogens with zero attached hydrogens (tertiary/aromatic N) is 2. The zero-order valence-electron chi connectivity index (χ0n) is 11.3. The second kappa shape index (κ2) is 6.17. The maximum absolute atomic E-state index is 10.3. The Kier molecular flexibility index (Phi) is 5.15. The van der Waals surface area contributed by atoms with E-state index in [9.17, 15) is 5.11 Å². The minimum Gasteiger partial charge on any atom is -0.390 e. The molecule has 0 saturated carbocycles. The van der Waals surface area contributed by atoms with Crippen LogP contribution in [0.5, 0.6) is 0 Å². The van der Waals surface area contributed by atoms with E-state index in [4.69, 9.17) is 4.74 Å². The molecule has 0 amide bonds.